The van der Waals surface area contributed by atoms with Crippen LogP contribution < -0.4 is 15.0 Å². The normalized spacial score (nSPS) is 21.2. The smallest absolute Gasteiger partial charge is 0.301 e. The number of hydrogen-bond acceptors (Lipinski definition) is 8. The summed E-state index contributed by atoms with van der Waals surface area (Å²) in [7, 11) is 1.56. The van der Waals surface area contributed by atoms with Crippen LogP contribution in [-0.4, -0.2) is 58.8 Å². The molecule has 2 aliphatic rings. The van der Waals surface area contributed by atoms with Gasteiger partial charge in [0.1, 0.15) is 23.1 Å². The molecule has 36 heavy (non-hydrogen) atoms. The van der Waals surface area contributed by atoms with Gasteiger partial charge in [0.05, 0.1) is 43.2 Å². The molecule has 4 atom stereocenters. The van der Waals surface area contributed by atoms with Crippen LogP contribution in [0.1, 0.15) is 43.1 Å². The maximum Gasteiger partial charge on any atom is 0.301 e. The maximum atomic E-state index is 15.2. The molecule has 11 heteroatoms. The standard InChI is InChI=1S/C25H28F3N5O3/c1-12(17-6-5-7-19(21(17)26)25(27,28)14(3)34)29-23-18-9-20(33-10-16-8-15(33)11-36-16)24(35-4)30-22(18)13(2)31-32-23/h5-7,9,12,14-16,34H,8,10-11H2,1-4H3,(H,29,32)/t12-,14?,15?,16?/m1/s1. The number of methoxy groups -OCH3 is 1. The molecule has 192 valence electrons. The highest BCUT2D eigenvalue weighted by atomic mass is 19.3. The van der Waals surface area contributed by atoms with Gasteiger partial charge in [0.25, 0.3) is 0 Å². The van der Waals surface area contributed by atoms with E-state index in [9.17, 15) is 13.9 Å². The van der Waals surface area contributed by atoms with Gasteiger partial charge in [-0.15, -0.1) is 5.10 Å². The Morgan fingerprint density at radius 1 is 1.28 bits per heavy atom. The minimum Gasteiger partial charge on any atom is -0.480 e. The number of benzene rings is 1. The zero-order valence-electron chi connectivity index (χ0n) is 20.4. The number of alkyl halides is 2. The van der Waals surface area contributed by atoms with E-state index in [1.165, 1.54) is 12.1 Å². The molecule has 2 bridgehead atoms. The average molecular weight is 504 g/mol. The van der Waals surface area contributed by atoms with E-state index in [-0.39, 0.29) is 17.7 Å². The number of hydrogen-bond donors (Lipinski definition) is 2. The molecule has 2 aliphatic heterocycles. The SMILES string of the molecule is COc1nc2c(C)nnc(N[C@H](C)c3cccc(C(F)(F)C(C)O)c3F)c2cc1N1CC2CC1CO2. The Morgan fingerprint density at radius 2 is 2.06 bits per heavy atom. The van der Waals surface area contributed by atoms with E-state index < -0.39 is 29.4 Å². The lowest BCUT2D eigenvalue weighted by Crippen LogP contribution is -2.37. The summed E-state index contributed by atoms with van der Waals surface area (Å²) in [6.45, 7) is 5.71. The van der Waals surface area contributed by atoms with E-state index in [4.69, 9.17) is 14.5 Å². The summed E-state index contributed by atoms with van der Waals surface area (Å²) in [6, 6.07) is 5.16. The van der Waals surface area contributed by atoms with E-state index in [1.54, 1.807) is 21.0 Å². The zero-order chi connectivity index (χ0) is 25.8. The number of fused-ring (bicyclic) bond motifs is 3. The second-order valence-electron chi connectivity index (χ2n) is 9.42. The monoisotopic (exact) mass is 503 g/mol. The third kappa shape index (κ3) is 4.00. The van der Waals surface area contributed by atoms with Gasteiger partial charge < -0.3 is 24.8 Å². The number of morpholine rings is 1. The third-order valence-corrected chi connectivity index (χ3v) is 7.00. The molecule has 2 fully saturated rings. The van der Waals surface area contributed by atoms with Gasteiger partial charge in [0.15, 0.2) is 5.82 Å². The maximum absolute atomic E-state index is 15.2. The number of halogens is 3. The number of aliphatic hydroxyl groups excluding tert-OH is 1. The van der Waals surface area contributed by atoms with E-state index >= 15 is 4.39 Å². The van der Waals surface area contributed by atoms with Crippen molar-refractivity contribution in [1.29, 1.82) is 0 Å². The fourth-order valence-electron chi connectivity index (χ4n) is 4.98. The average Bonchev–Trinajstić information content (AvgIpc) is 3.49. The first-order valence-electron chi connectivity index (χ1n) is 11.8. The van der Waals surface area contributed by atoms with Gasteiger partial charge in [0.2, 0.25) is 5.88 Å². The summed E-state index contributed by atoms with van der Waals surface area (Å²) in [6.07, 6.45) is -0.938. The molecular weight excluding hydrogens is 475 g/mol. The molecule has 2 N–H and O–H groups in total. The number of aliphatic hydroxyl groups is 1. The van der Waals surface area contributed by atoms with Gasteiger partial charge in [-0.1, -0.05) is 12.1 Å². The molecule has 2 saturated heterocycles. The number of aromatic nitrogens is 3. The van der Waals surface area contributed by atoms with E-state index in [2.05, 4.69) is 20.4 Å². The molecule has 0 radical (unpaired) electrons. The lowest BCUT2D eigenvalue weighted by molar-refractivity contribution is -0.108. The van der Waals surface area contributed by atoms with Crippen molar-refractivity contribution in [3.8, 4) is 5.88 Å². The number of anilines is 2. The predicted octanol–water partition coefficient (Wildman–Crippen LogP) is 4.10. The first-order chi connectivity index (χ1) is 17.1. The van der Waals surface area contributed by atoms with Crippen molar-refractivity contribution in [2.45, 2.75) is 57.4 Å². The Morgan fingerprint density at radius 3 is 2.69 bits per heavy atom. The summed E-state index contributed by atoms with van der Waals surface area (Å²) >= 11 is 0. The van der Waals surface area contributed by atoms with Crippen molar-refractivity contribution >= 4 is 22.4 Å². The molecule has 5 rings (SSSR count). The van der Waals surface area contributed by atoms with Crippen LogP contribution in [0.5, 0.6) is 5.88 Å². The Labute approximate surface area is 206 Å². The van der Waals surface area contributed by atoms with E-state index in [0.29, 0.717) is 34.9 Å². The van der Waals surface area contributed by atoms with E-state index in [1.807, 2.05) is 6.07 Å². The van der Waals surface area contributed by atoms with Gasteiger partial charge >= 0.3 is 5.92 Å². The Kier molecular flexibility index (Phi) is 6.16. The van der Waals surface area contributed by atoms with Crippen LogP contribution in [-0.2, 0) is 10.7 Å². The van der Waals surface area contributed by atoms with Crippen LogP contribution in [0.3, 0.4) is 0 Å². The van der Waals surface area contributed by atoms with Crippen LogP contribution in [0.15, 0.2) is 24.3 Å². The second kappa shape index (κ2) is 9.04. The minimum absolute atomic E-state index is 0.0130. The summed E-state index contributed by atoms with van der Waals surface area (Å²) in [5.74, 6) is -4.01. The van der Waals surface area contributed by atoms with Crippen LogP contribution in [0.4, 0.5) is 24.7 Å². The van der Waals surface area contributed by atoms with Crippen LogP contribution in [0.2, 0.25) is 0 Å². The first kappa shape index (κ1) is 24.5. The van der Waals surface area contributed by atoms with Crippen molar-refractivity contribution < 1.29 is 27.8 Å². The molecule has 0 spiro atoms. The zero-order valence-corrected chi connectivity index (χ0v) is 20.4. The number of pyridine rings is 1. The quantitative estimate of drug-likeness (QED) is 0.498. The van der Waals surface area contributed by atoms with Gasteiger partial charge in [-0.25, -0.2) is 9.37 Å². The molecule has 0 amide bonds. The Bertz CT molecular complexity index is 1310. The lowest BCUT2D eigenvalue weighted by atomic mass is 9.97. The Balaban J connectivity index is 1.54. The highest BCUT2D eigenvalue weighted by Crippen LogP contribution is 2.41. The first-order valence-corrected chi connectivity index (χ1v) is 11.8. The number of ether oxygens (including phenoxy) is 2. The van der Waals surface area contributed by atoms with Crippen molar-refractivity contribution in [3.63, 3.8) is 0 Å². The molecule has 4 heterocycles. The van der Waals surface area contributed by atoms with E-state index in [0.717, 1.165) is 31.6 Å². The van der Waals surface area contributed by atoms with Crippen LogP contribution in [0, 0.1) is 12.7 Å². The highest BCUT2D eigenvalue weighted by molar-refractivity contribution is 5.94. The molecular formula is C25H28F3N5O3. The van der Waals surface area contributed by atoms with Gasteiger partial charge in [-0.3, -0.25) is 0 Å². The molecule has 2 aromatic heterocycles. The van der Waals surface area contributed by atoms with Gasteiger partial charge in [-0.2, -0.15) is 13.9 Å². The van der Waals surface area contributed by atoms with Gasteiger partial charge in [-0.05, 0) is 39.3 Å². The minimum atomic E-state index is -3.73. The number of rotatable bonds is 7. The van der Waals surface area contributed by atoms with Crippen LogP contribution >= 0.6 is 0 Å². The molecule has 0 aliphatic carbocycles. The fraction of sp³-hybridized carbons (Fsp3) is 0.480. The summed E-state index contributed by atoms with van der Waals surface area (Å²) < 4.78 is 55.4. The topological polar surface area (TPSA) is 92.6 Å². The Hall–Kier alpha value is -3.18. The van der Waals surface area contributed by atoms with Crippen molar-refractivity contribution in [3.05, 3.63) is 46.9 Å². The number of nitrogens with one attached hydrogen (secondary N) is 1. The summed E-state index contributed by atoms with van der Waals surface area (Å²) in [5, 5.41) is 21.7. The lowest BCUT2D eigenvalue weighted by Gasteiger charge is -2.30. The third-order valence-electron chi connectivity index (χ3n) is 7.00. The van der Waals surface area contributed by atoms with Crippen molar-refractivity contribution in [2.24, 2.45) is 0 Å². The van der Waals surface area contributed by atoms with Crippen molar-refractivity contribution in [2.75, 3.05) is 30.5 Å². The molecule has 3 unspecified atom stereocenters. The highest BCUT2D eigenvalue weighted by Gasteiger charge is 2.42. The molecule has 3 aromatic rings. The van der Waals surface area contributed by atoms with Gasteiger partial charge in [0, 0.05) is 17.5 Å². The predicted molar refractivity (Wildman–Crippen MR) is 128 cm³/mol. The largest absolute Gasteiger partial charge is 0.480 e. The van der Waals surface area contributed by atoms with Crippen molar-refractivity contribution in [1.82, 2.24) is 15.2 Å². The molecule has 0 saturated carbocycles. The summed E-state index contributed by atoms with van der Waals surface area (Å²) in [5.41, 5.74) is 1.11. The van der Waals surface area contributed by atoms with Crippen LogP contribution in [0.25, 0.3) is 10.9 Å². The molecule has 8 nitrogen and oxygen atoms in total. The molecule has 1 aromatic carbocycles. The number of aryl methyl sites for hydroxylation is 1. The fourth-order valence-corrected chi connectivity index (χ4v) is 4.98. The summed E-state index contributed by atoms with van der Waals surface area (Å²) in [4.78, 5) is 6.91. The number of nitrogens with zero attached hydrogens (tertiary/aromatic N) is 4. The second-order valence-corrected chi connectivity index (χ2v) is 9.42.